The molecule has 3 atom stereocenters. The Morgan fingerprint density at radius 1 is 0.973 bits per heavy atom. The van der Waals surface area contributed by atoms with Gasteiger partial charge in [-0.2, -0.15) is 0 Å². The van der Waals surface area contributed by atoms with E-state index in [9.17, 15) is 9.59 Å². The topological polar surface area (TPSA) is 159 Å². The van der Waals surface area contributed by atoms with Gasteiger partial charge in [-0.05, 0) is 164 Å². The highest BCUT2D eigenvalue weighted by Crippen LogP contribution is 2.43. The zero-order valence-electron chi connectivity index (χ0n) is 48.6. The first-order valence-electron chi connectivity index (χ1n) is 26.9. The number of hydrogen-bond donors (Lipinski definition) is 4. The van der Waals surface area contributed by atoms with Crippen molar-refractivity contribution in [3.63, 3.8) is 0 Å². The number of aromatic nitrogens is 2. The van der Waals surface area contributed by atoms with Gasteiger partial charge >= 0.3 is 0 Å². The van der Waals surface area contributed by atoms with Crippen LogP contribution in [0.2, 0.25) is 0 Å². The van der Waals surface area contributed by atoms with Crippen LogP contribution >= 0.6 is 0 Å². The molecule has 75 heavy (non-hydrogen) atoms. The molecule has 1 aliphatic heterocycles. The number of ether oxygens (including phenoxy) is 2. The molecule has 0 amide bonds. The third kappa shape index (κ3) is 20.3. The summed E-state index contributed by atoms with van der Waals surface area (Å²) in [5.41, 5.74) is 17.7. The number of rotatable bonds is 27. The second kappa shape index (κ2) is 35.1. The van der Waals surface area contributed by atoms with Crippen molar-refractivity contribution in [3.8, 4) is 22.4 Å². The number of nitrogens with zero attached hydrogens (tertiary/aromatic N) is 5. The summed E-state index contributed by atoms with van der Waals surface area (Å²) in [6, 6.07) is 15.6. The number of carbonyl (C=O) groups is 3. The van der Waals surface area contributed by atoms with Crippen LogP contribution in [0, 0.1) is 11.3 Å². The lowest BCUT2D eigenvalue weighted by molar-refractivity contribution is -0.113. The van der Waals surface area contributed by atoms with Crippen LogP contribution in [0.4, 0.5) is 11.4 Å². The molecule has 2 unspecified atom stereocenters. The molecular formula is C61H97N9O5. The molecule has 1 fully saturated rings. The summed E-state index contributed by atoms with van der Waals surface area (Å²) in [7, 11) is 11.5. The molecule has 0 aliphatic carbocycles. The molecular weight excluding hydrogens is 939 g/mol. The number of anilines is 2. The Morgan fingerprint density at radius 3 is 2.23 bits per heavy atom. The second-order valence-electron chi connectivity index (χ2n) is 20.4. The minimum absolute atomic E-state index is 0.0292. The Kier molecular flexibility index (Phi) is 30.8. The number of aldehydes is 2. The van der Waals surface area contributed by atoms with E-state index < -0.39 is 0 Å². The molecule has 5 rings (SSSR count). The van der Waals surface area contributed by atoms with Gasteiger partial charge in [0.1, 0.15) is 19.4 Å². The van der Waals surface area contributed by atoms with Gasteiger partial charge in [0.2, 0.25) is 0 Å². The van der Waals surface area contributed by atoms with Crippen molar-refractivity contribution >= 4 is 41.6 Å². The number of likely N-dealkylation sites (N-methyl/N-ethyl adjacent to an activating group) is 3. The van der Waals surface area contributed by atoms with Gasteiger partial charge < -0.3 is 59.9 Å². The maximum Gasteiger partial charge on any atom is 0.137 e. The molecule has 1 aliphatic rings. The molecule has 416 valence electrons. The first kappa shape index (κ1) is 65.8. The highest BCUT2D eigenvalue weighted by Gasteiger charge is 2.29. The number of benzene rings is 2. The SMILES string of the molecule is C=C/C=C(\C=C/C)CN(C)[C@H](C=O)C(C)C.C=O.CCNc1cc(CC(C=O)NC)cc(-c2ccc3c(c2)c(CC(C)(C)COC)c(-c2cc(N4CCN(C)CC4)cnc2C(C)OC)n3CC)c1.CNCCCCN. The lowest BCUT2D eigenvalue weighted by Gasteiger charge is -2.34. The van der Waals surface area contributed by atoms with Crippen molar-refractivity contribution in [2.75, 3.05) is 112 Å². The van der Waals surface area contributed by atoms with Crippen LogP contribution in [0.25, 0.3) is 33.3 Å². The molecule has 3 heterocycles. The lowest BCUT2D eigenvalue weighted by Crippen LogP contribution is -2.44. The first-order chi connectivity index (χ1) is 36.0. The number of nitrogens with two attached hydrogens (primary N) is 1. The molecule has 0 bridgehead atoms. The Bertz CT molecular complexity index is 2360. The largest absolute Gasteiger partial charge is 0.385 e. The number of unbranched alkanes of at least 4 members (excludes halogenated alkanes) is 1. The van der Waals surface area contributed by atoms with Crippen molar-refractivity contribution < 1.29 is 23.9 Å². The van der Waals surface area contributed by atoms with E-state index in [1.165, 1.54) is 28.6 Å². The van der Waals surface area contributed by atoms with Crippen molar-refractivity contribution in [1.82, 2.24) is 30.0 Å². The molecule has 14 heteroatoms. The average Bonchev–Trinajstić information content (AvgIpc) is 3.70. The number of piperazine rings is 1. The summed E-state index contributed by atoms with van der Waals surface area (Å²) in [5, 5.41) is 10.9. The molecule has 0 saturated carbocycles. The summed E-state index contributed by atoms with van der Waals surface area (Å²) in [4.78, 5) is 42.7. The summed E-state index contributed by atoms with van der Waals surface area (Å²) >= 11 is 0. The van der Waals surface area contributed by atoms with Gasteiger partial charge in [0.05, 0.1) is 48.1 Å². The number of fused-ring (bicyclic) bond motifs is 1. The molecule has 0 spiro atoms. The van der Waals surface area contributed by atoms with E-state index in [-0.39, 0.29) is 23.6 Å². The predicted octanol–water partition coefficient (Wildman–Crippen LogP) is 9.42. The maximum atomic E-state index is 11.7. The van der Waals surface area contributed by atoms with E-state index in [1.807, 2.05) is 59.3 Å². The van der Waals surface area contributed by atoms with E-state index >= 15 is 0 Å². The van der Waals surface area contributed by atoms with Gasteiger partial charge in [-0.25, -0.2) is 0 Å². The highest BCUT2D eigenvalue weighted by atomic mass is 16.5. The van der Waals surface area contributed by atoms with Gasteiger partial charge in [-0.3, -0.25) is 9.88 Å². The Labute approximate surface area is 452 Å². The predicted molar refractivity (Wildman–Crippen MR) is 317 cm³/mol. The number of hydrogen-bond acceptors (Lipinski definition) is 13. The molecule has 0 radical (unpaired) electrons. The fraction of sp³-hybridized carbons (Fsp3) is 0.541. The molecule has 14 nitrogen and oxygen atoms in total. The minimum Gasteiger partial charge on any atom is -0.385 e. The Morgan fingerprint density at radius 2 is 1.68 bits per heavy atom. The highest BCUT2D eigenvalue weighted by molar-refractivity contribution is 5.96. The van der Waals surface area contributed by atoms with Crippen molar-refractivity contribution in [1.29, 1.82) is 0 Å². The summed E-state index contributed by atoms with van der Waals surface area (Å²) in [5.74, 6) is 0.332. The Balaban J connectivity index is 0.000000637. The van der Waals surface area contributed by atoms with Crippen molar-refractivity contribution in [3.05, 3.63) is 102 Å². The fourth-order valence-corrected chi connectivity index (χ4v) is 9.56. The Hall–Kier alpha value is -5.32. The smallest absolute Gasteiger partial charge is 0.137 e. The number of nitrogens with one attached hydrogen (secondary N) is 3. The van der Waals surface area contributed by atoms with Crippen LogP contribution < -0.4 is 26.6 Å². The van der Waals surface area contributed by atoms with Gasteiger partial charge in [-0.15, -0.1) is 0 Å². The van der Waals surface area contributed by atoms with Crippen molar-refractivity contribution in [2.45, 2.75) is 106 Å². The van der Waals surface area contributed by atoms with Crippen LogP contribution in [0.5, 0.6) is 0 Å². The van der Waals surface area contributed by atoms with Gasteiger partial charge in [0.15, 0.2) is 0 Å². The van der Waals surface area contributed by atoms with Gasteiger partial charge in [0.25, 0.3) is 0 Å². The molecule has 2 aromatic carbocycles. The number of carbonyl (C=O) groups excluding carboxylic acids is 3. The molecule has 1 saturated heterocycles. The van der Waals surface area contributed by atoms with Crippen molar-refractivity contribution in [2.24, 2.45) is 17.1 Å². The third-order valence-corrected chi connectivity index (χ3v) is 13.5. The fourth-order valence-electron chi connectivity index (χ4n) is 9.56. The number of allylic oxidation sites excluding steroid dienone is 3. The minimum atomic E-state index is -0.239. The van der Waals surface area contributed by atoms with E-state index in [1.54, 1.807) is 20.3 Å². The van der Waals surface area contributed by atoms with E-state index in [2.05, 4.69) is 140 Å². The third-order valence-electron chi connectivity index (χ3n) is 13.5. The van der Waals surface area contributed by atoms with Crippen LogP contribution in [0.3, 0.4) is 0 Å². The zero-order chi connectivity index (χ0) is 56.1. The summed E-state index contributed by atoms with van der Waals surface area (Å²) in [6.45, 7) is 31.7. The quantitative estimate of drug-likeness (QED) is 0.0255. The first-order valence-corrected chi connectivity index (χ1v) is 26.9. The standard InChI is InChI=1S/C41H58N6O3.C14H23NO.C5H14N2.CH2O/c1-10-43-32-19-29(20-33(26-48)42-6)18-31(21-32)30-12-13-38-35(22-30)37(24-41(4,5)27-49-8)40(47(38)11-2)36-23-34(25-44-39(36)28(3)50-9)46-16-14-45(7)15-17-46;1-6-8-13(9-7-2)10-15(5)14(11-16)12(3)4;1-7-5-3-2-4-6;1-2/h12-13,18-19,21-23,25-26,28,33,42-43H,10-11,14-17,20,24,27H2,1-9H3;6-9,11-12,14H,1,10H2,2-5H3;7H,2-6H2,1H3;1H2/b;9-7-,13-8+;;/t;14-;;/m.1../s1. The van der Waals surface area contributed by atoms with E-state index in [4.69, 9.17) is 25.0 Å². The molecule has 2 aromatic heterocycles. The van der Waals surface area contributed by atoms with Gasteiger partial charge in [-0.1, -0.05) is 70.7 Å². The van der Waals surface area contributed by atoms with E-state index in [0.29, 0.717) is 18.9 Å². The van der Waals surface area contributed by atoms with E-state index in [0.717, 1.165) is 129 Å². The zero-order valence-corrected chi connectivity index (χ0v) is 48.6. The maximum absolute atomic E-state index is 11.7. The monoisotopic (exact) mass is 1040 g/mol. The normalized spacial score (nSPS) is 14.4. The number of methoxy groups -OCH3 is 2. The van der Waals surface area contributed by atoms with Crippen LogP contribution in [0.1, 0.15) is 91.2 Å². The average molecular weight is 1040 g/mol. The summed E-state index contributed by atoms with van der Waals surface area (Å²) < 4.78 is 14.2. The number of aryl methyl sites for hydroxylation is 1. The lowest BCUT2D eigenvalue weighted by atomic mass is 9.84. The van der Waals surface area contributed by atoms with Crippen LogP contribution in [0.15, 0.2) is 85.1 Å². The molecule has 5 N–H and O–H groups in total. The van der Waals surface area contributed by atoms with Crippen LogP contribution in [-0.4, -0.2) is 152 Å². The van der Waals surface area contributed by atoms with Gasteiger partial charge in [0, 0.05) is 82.2 Å². The second-order valence-corrected chi connectivity index (χ2v) is 20.4. The summed E-state index contributed by atoms with van der Waals surface area (Å²) in [6.07, 6.45) is 15.4. The number of pyridine rings is 1. The van der Waals surface area contributed by atoms with Crippen LogP contribution in [-0.2, 0) is 43.2 Å². The molecule has 4 aromatic rings.